The van der Waals surface area contributed by atoms with Crippen molar-refractivity contribution in [3.05, 3.63) is 22.8 Å². The predicted octanol–water partition coefficient (Wildman–Crippen LogP) is 2.06. The SMILES string of the molecule is CCNS(=O)(=O)c1cc(-c2nc(C)cs2)n(C)c1C. The van der Waals surface area contributed by atoms with Crippen molar-refractivity contribution in [2.75, 3.05) is 6.54 Å². The topological polar surface area (TPSA) is 64.0 Å². The van der Waals surface area contributed by atoms with Gasteiger partial charge in [0.1, 0.15) is 9.90 Å². The molecule has 2 aromatic heterocycles. The molecule has 0 aromatic carbocycles. The maximum Gasteiger partial charge on any atom is 0.242 e. The predicted molar refractivity (Wildman–Crippen MR) is 76.9 cm³/mol. The summed E-state index contributed by atoms with van der Waals surface area (Å²) in [5.41, 5.74) is 2.48. The van der Waals surface area contributed by atoms with Crippen molar-refractivity contribution in [3.63, 3.8) is 0 Å². The number of sulfonamides is 1. The quantitative estimate of drug-likeness (QED) is 0.940. The number of aromatic nitrogens is 2. The highest BCUT2D eigenvalue weighted by atomic mass is 32.2. The van der Waals surface area contributed by atoms with Crippen molar-refractivity contribution in [1.82, 2.24) is 14.3 Å². The normalized spacial score (nSPS) is 12.0. The zero-order valence-electron chi connectivity index (χ0n) is 11.4. The lowest BCUT2D eigenvalue weighted by molar-refractivity contribution is 0.583. The highest BCUT2D eigenvalue weighted by Gasteiger charge is 2.22. The zero-order chi connectivity index (χ0) is 14.2. The Hall–Kier alpha value is -1.18. The summed E-state index contributed by atoms with van der Waals surface area (Å²) in [5, 5.41) is 2.79. The van der Waals surface area contributed by atoms with E-state index in [-0.39, 0.29) is 0 Å². The zero-order valence-corrected chi connectivity index (χ0v) is 13.0. The standard InChI is InChI=1S/C12H17N3O2S2/c1-5-13-19(16,17)11-6-10(15(4)9(11)3)12-14-8(2)7-18-12/h6-7,13H,5H2,1-4H3. The van der Waals surface area contributed by atoms with Crippen molar-refractivity contribution in [2.24, 2.45) is 7.05 Å². The Labute approximate surface area is 117 Å². The molecule has 0 aliphatic heterocycles. The van der Waals surface area contributed by atoms with E-state index in [4.69, 9.17) is 0 Å². The lowest BCUT2D eigenvalue weighted by atomic mass is 10.4. The minimum Gasteiger partial charge on any atom is -0.345 e. The van der Waals surface area contributed by atoms with Gasteiger partial charge in [0.2, 0.25) is 10.0 Å². The van der Waals surface area contributed by atoms with Crippen LogP contribution in [0.25, 0.3) is 10.7 Å². The van der Waals surface area contributed by atoms with Crippen LogP contribution in [-0.2, 0) is 17.1 Å². The maximum absolute atomic E-state index is 12.1. The average molecular weight is 299 g/mol. The van der Waals surface area contributed by atoms with Crippen LogP contribution in [0.2, 0.25) is 0 Å². The van der Waals surface area contributed by atoms with E-state index in [1.807, 2.05) is 23.9 Å². The molecule has 0 bridgehead atoms. The Morgan fingerprint density at radius 3 is 2.63 bits per heavy atom. The minimum atomic E-state index is -3.44. The minimum absolute atomic E-state index is 0.319. The fourth-order valence-electron chi connectivity index (χ4n) is 1.89. The Bertz CT molecular complexity index is 699. The van der Waals surface area contributed by atoms with E-state index in [1.54, 1.807) is 19.9 Å². The second kappa shape index (κ2) is 5.07. The molecule has 104 valence electrons. The van der Waals surface area contributed by atoms with Crippen LogP contribution in [0.15, 0.2) is 16.3 Å². The van der Waals surface area contributed by atoms with E-state index in [2.05, 4.69) is 9.71 Å². The van der Waals surface area contributed by atoms with Gasteiger partial charge in [-0.1, -0.05) is 6.92 Å². The van der Waals surface area contributed by atoms with E-state index in [1.165, 1.54) is 11.3 Å². The molecule has 0 atom stereocenters. The van der Waals surface area contributed by atoms with Crippen molar-refractivity contribution in [1.29, 1.82) is 0 Å². The third kappa shape index (κ3) is 2.58. The molecule has 2 rings (SSSR count). The van der Waals surface area contributed by atoms with Gasteiger partial charge in [0.15, 0.2) is 0 Å². The fourth-order valence-corrected chi connectivity index (χ4v) is 4.06. The largest absolute Gasteiger partial charge is 0.345 e. The molecular weight excluding hydrogens is 282 g/mol. The molecule has 0 saturated heterocycles. The molecule has 5 nitrogen and oxygen atoms in total. The Kier molecular flexibility index (Phi) is 3.80. The molecule has 0 spiro atoms. The maximum atomic E-state index is 12.1. The summed E-state index contributed by atoms with van der Waals surface area (Å²) in [7, 11) is -1.58. The van der Waals surface area contributed by atoms with Crippen LogP contribution < -0.4 is 4.72 Å². The first kappa shape index (κ1) is 14.2. The average Bonchev–Trinajstić information content (AvgIpc) is 2.86. The number of nitrogens with zero attached hydrogens (tertiary/aromatic N) is 2. The summed E-state index contributed by atoms with van der Waals surface area (Å²) < 4.78 is 28.6. The molecule has 2 aromatic rings. The molecule has 0 saturated carbocycles. The first-order valence-electron chi connectivity index (χ1n) is 5.95. The van der Waals surface area contributed by atoms with Gasteiger partial charge in [-0.3, -0.25) is 0 Å². The summed E-state index contributed by atoms with van der Waals surface area (Å²) in [4.78, 5) is 4.73. The molecule has 1 N–H and O–H groups in total. The van der Waals surface area contributed by atoms with Crippen molar-refractivity contribution >= 4 is 21.4 Å². The lowest BCUT2D eigenvalue weighted by Crippen LogP contribution is -2.23. The molecule has 0 unspecified atom stereocenters. The van der Waals surface area contributed by atoms with E-state index in [0.29, 0.717) is 17.1 Å². The molecule has 0 radical (unpaired) electrons. The van der Waals surface area contributed by atoms with E-state index >= 15 is 0 Å². The highest BCUT2D eigenvalue weighted by molar-refractivity contribution is 7.89. The van der Waals surface area contributed by atoms with E-state index in [0.717, 1.165) is 16.4 Å². The number of hydrogen-bond acceptors (Lipinski definition) is 4. The first-order valence-corrected chi connectivity index (χ1v) is 8.31. The summed E-state index contributed by atoms with van der Waals surface area (Å²) >= 11 is 1.52. The number of nitrogens with one attached hydrogen (secondary N) is 1. The Morgan fingerprint density at radius 2 is 2.11 bits per heavy atom. The molecule has 0 fully saturated rings. The van der Waals surface area contributed by atoms with Gasteiger partial charge in [-0.05, 0) is 19.9 Å². The van der Waals surface area contributed by atoms with Crippen LogP contribution in [-0.4, -0.2) is 24.5 Å². The van der Waals surface area contributed by atoms with Gasteiger partial charge in [-0.2, -0.15) is 0 Å². The van der Waals surface area contributed by atoms with Crippen molar-refractivity contribution in [2.45, 2.75) is 25.7 Å². The van der Waals surface area contributed by atoms with E-state index in [9.17, 15) is 8.42 Å². The monoisotopic (exact) mass is 299 g/mol. The van der Waals surface area contributed by atoms with Gasteiger partial charge in [-0.25, -0.2) is 18.1 Å². The molecular formula is C12H17N3O2S2. The summed E-state index contributed by atoms with van der Waals surface area (Å²) in [6.45, 7) is 5.86. The second-order valence-electron chi connectivity index (χ2n) is 4.33. The first-order chi connectivity index (χ1) is 8.86. The number of aryl methyl sites for hydroxylation is 1. The summed E-state index contributed by atoms with van der Waals surface area (Å²) in [6, 6.07) is 1.69. The van der Waals surface area contributed by atoms with Crippen LogP contribution in [0.4, 0.5) is 0 Å². The second-order valence-corrected chi connectivity index (χ2v) is 6.93. The third-order valence-corrected chi connectivity index (χ3v) is 5.59. The lowest BCUT2D eigenvalue weighted by Gasteiger charge is -2.04. The van der Waals surface area contributed by atoms with Gasteiger partial charge in [0, 0.05) is 30.4 Å². The van der Waals surface area contributed by atoms with Crippen LogP contribution in [0.3, 0.4) is 0 Å². The van der Waals surface area contributed by atoms with Crippen LogP contribution in [0, 0.1) is 13.8 Å². The summed E-state index contributed by atoms with van der Waals surface area (Å²) in [5.74, 6) is 0. The number of rotatable bonds is 4. The smallest absolute Gasteiger partial charge is 0.242 e. The van der Waals surface area contributed by atoms with Gasteiger partial charge in [0.25, 0.3) is 0 Å². The third-order valence-electron chi connectivity index (χ3n) is 2.95. The Morgan fingerprint density at radius 1 is 1.42 bits per heavy atom. The van der Waals surface area contributed by atoms with Gasteiger partial charge < -0.3 is 4.57 Å². The van der Waals surface area contributed by atoms with Crippen LogP contribution >= 0.6 is 11.3 Å². The van der Waals surface area contributed by atoms with Crippen LogP contribution in [0.5, 0.6) is 0 Å². The van der Waals surface area contributed by atoms with Gasteiger partial charge in [-0.15, -0.1) is 11.3 Å². The number of thiazole rings is 1. The molecule has 0 aliphatic carbocycles. The van der Waals surface area contributed by atoms with Crippen molar-refractivity contribution < 1.29 is 8.42 Å². The summed E-state index contributed by atoms with van der Waals surface area (Å²) in [6.07, 6.45) is 0. The molecule has 19 heavy (non-hydrogen) atoms. The van der Waals surface area contributed by atoms with E-state index < -0.39 is 10.0 Å². The van der Waals surface area contributed by atoms with Crippen molar-refractivity contribution in [3.8, 4) is 10.7 Å². The van der Waals surface area contributed by atoms with Crippen LogP contribution in [0.1, 0.15) is 18.3 Å². The fraction of sp³-hybridized carbons (Fsp3) is 0.417. The van der Waals surface area contributed by atoms with Gasteiger partial charge in [0.05, 0.1) is 5.69 Å². The highest BCUT2D eigenvalue weighted by Crippen LogP contribution is 2.29. The molecule has 0 aliphatic rings. The molecule has 0 amide bonds. The molecule has 7 heteroatoms. The molecule has 2 heterocycles. The Balaban J connectivity index is 2.56. The van der Waals surface area contributed by atoms with Gasteiger partial charge >= 0.3 is 0 Å². The number of hydrogen-bond donors (Lipinski definition) is 1.